The molecule has 0 aromatic carbocycles. The molecule has 0 spiro atoms. The van der Waals surface area contributed by atoms with Crippen molar-refractivity contribution in [1.82, 2.24) is 0 Å². The first-order valence-corrected chi connectivity index (χ1v) is 5.18. The largest absolute Gasteiger partial charge is 0.369 e. The summed E-state index contributed by atoms with van der Waals surface area (Å²) in [7, 11) is 0. The molecule has 0 unspecified atom stereocenters. The standard InChI is InChI=1S/C12H20O3/c1-5-7-8-10(11(13)15-14)12(3,4)9-6-2/h5,7-8,14H,6,9H2,1-4H3. The molecule has 15 heavy (non-hydrogen) atoms. The Bertz CT molecular complexity index is 262. The van der Waals surface area contributed by atoms with Crippen LogP contribution >= 0.6 is 0 Å². The van der Waals surface area contributed by atoms with Crippen molar-refractivity contribution in [2.24, 2.45) is 5.41 Å². The zero-order chi connectivity index (χ0) is 11.9. The van der Waals surface area contributed by atoms with Gasteiger partial charge < -0.3 is 0 Å². The van der Waals surface area contributed by atoms with E-state index in [1.807, 2.05) is 26.8 Å². The van der Waals surface area contributed by atoms with E-state index in [0.29, 0.717) is 5.57 Å². The van der Waals surface area contributed by atoms with Crippen molar-refractivity contribution < 1.29 is 14.9 Å². The smallest absolute Gasteiger partial charge is 0.296 e. The lowest BCUT2D eigenvalue weighted by atomic mass is 9.80. The lowest BCUT2D eigenvalue weighted by Gasteiger charge is -2.25. The van der Waals surface area contributed by atoms with Crippen molar-refractivity contribution in [3.8, 4) is 0 Å². The number of carbonyl (C=O) groups is 1. The highest BCUT2D eigenvalue weighted by molar-refractivity contribution is 5.89. The maximum atomic E-state index is 11.4. The predicted octanol–water partition coefficient (Wildman–Crippen LogP) is 3.33. The highest BCUT2D eigenvalue weighted by atomic mass is 17.1. The number of allylic oxidation sites excluding steroid dienone is 3. The van der Waals surface area contributed by atoms with Crippen LogP contribution in [-0.4, -0.2) is 11.2 Å². The van der Waals surface area contributed by atoms with Gasteiger partial charge in [0.05, 0.1) is 0 Å². The molecule has 0 aliphatic heterocycles. The maximum Gasteiger partial charge on any atom is 0.369 e. The zero-order valence-corrected chi connectivity index (χ0v) is 9.91. The van der Waals surface area contributed by atoms with Crippen molar-refractivity contribution >= 4 is 5.97 Å². The molecule has 0 fully saturated rings. The molecule has 3 heteroatoms. The fourth-order valence-corrected chi connectivity index (χ4v) is 1.57. The number of rotatable bonds is 5. The van der Waals surface area contributed by atoms with Gasteiger partial charge in [0.15, 0.2) is 0 Å². The molecule has 0 atom stereocenters. The molecule has 0 aliphatic rings. The average molecular weight is 212 g/mol. The lowest BCUT2D eigenvalue weighted by Crippen LogP contribution is -2.22. The molecule has 0 aliphatic carbocycles. The molecule has 0 aromatic heterocycles. The third-order valence-electron chi connectivity index (χ3n) is 2.36. The van der Waals surface area contributed by atoms with Crippen LogP contribution in [-0.2, 0) is 9.68 Å². The quantitative estimate of drug-likeness (QED) is 0.329. The van der Waals surface area contributed by atoms with Crippen LogP contribution in [0.1, 0.15) is 40.5 Å². The van der Waals surface area contributed by atoms with Gasteiger partial charge in [0.25, 0.3) is 0 Å². The van der Waals surface area contributed by atoms with E-state index in [-0.39, 0.29) is 5.41 Å². The van der Waals surface area contributed by atoms with E-state index in [2.05, 4.69) is 11.8 Å². The molecule has 86 valence electrons. The van der Waals surface area contributed by atoms with Gasteiger partial charge in [0.2, 0.25) is 0 Å². The minimum absolute atomic E-state index is 0.284. The molecule has 0 aromatic rings. The first kappa shape index (κ1) is 13.9. The SMILES string of the molecule is CC=CC=C(C(=O)OO)C(C)(C)CCC. The fourth-order valence-electron chi connectivity index (χ4n) is 1.57. The second kappa shape index (κ2) is 6.40. The molecule has 0 heterocycles. The maximum absolute atomic E-state index is 11.4. The van der Waals surface area contributed by atoms with Crippen molar-refractivity contribution in [3.63, 3.8) is 0 Å². The molecule has 0 radical (unpaired) electrons. The Morgan fingerprint density at radius 3 is 2.47 bits per heavy atom. The van der Waals surface area contributed by atoms with Gasteiger partial charge in [-0.2, -0.15) is 5.26 Å². The van der Waals surface area contributed by atoms with E-state index in [9.17, 15) is 4.79 Å². The Kier molecular flexibility index (Phi) is 5.94. The summed E-state index contributed by atoms with van der Waals surface area (Å²) >= 11 is 0. The van der Waals surface area contributed by atoms with Crippen LogP contribution in [0.25, 0.3) is 0 Å². The average Bonchev–Trinajstić information content (AvgIpc) is 2.17. The topological polar surface area (TPSA) is 46.5 Å². The summed E-state index contributed by atoms with van der Waals surface area (Å²) < 4.78 is 0. The molecule has 0 saturated carbocycles. The predicted molar refractivity (Wildman–Crippen MR) is 60.3 cm³/mol. The molecule has 0 bridgehead atoms. The first-order valence-electron chi connectivity index (χ1n) is 5.18. The van der Waals surface area contributed by atoms with Crippen LogP contribution in [0.5, 0.6) is 0 Å². The van der Waals surface area contributed by atoms with E-state index in [0.717, 1.165) is 12.8 Å². The third kappa shape index (κ3) is 4.30. The zero-order valence-electron chi connectivity index (χ0n) is 9.91. The van der Waals surface area contributed by atoms with Gasteiger partial charge in [-0.15, -0.1) is 0 Å². The van der Waals surface area contributed by atoms with Crippen LogP contribution in [0.15, 0.2) is 23.8 Å². The second-order valence-corrected chi connectivity index (χ2v) is 4.12. The molecule has 0 amide bonds. The normalized spacial score (nSPS) is 13.3. The highest BCUT2D eigenvalue weighted by Gasteiger charge is 2.28. The van der Waals surface area contributed by atoms with Crippen LogP contribution < -0.4 is 0 Å². The van der Waals surface area contributed by atoms with Crippen LogP contribution in [0.3, 0.4) is 0 Å². The van der Waals surface area contributed by atoms with Crippen molar-refractivity contribution in [2.45, 2.75) is 40.5 Å². The second-order valence-electron chi connectivity index (χ2n) is 4.12. The van der Waals surface area contributed by atoms with E-state index in [1.54, 1.807) is 12.2 Å². The Morgan fingerprint density at radius 2 is 2.07 bits per heavy atom. The van der Waals surface area contributed by atoms with Crippen molar-refractivity contribution in [3.05, 3.63) is 23.8 Å². The summed E-state index contributed by atoms with van der Waals surface area (Å²) in [5, 5.41) is 8.42. The minimum Gasteiger partial charge on any atom is -0.296 e. The first-order chi connectivity index (χ1) is 6.99. The van der Waals surface area contributed by atoms with Crippen molar-refractivity contribution in [2.75, 3.05) is 0 Å². The molecule has 3 nitrogen and oxygen atoms in total. The van der Waals surface area contributed by atoms with E-state index in [4.69, 9.17) is 5.26 Å². The summed E-state index contributed by atoms with van der Waals surface area (Å²) in [6, 6.07) is 0. The monoisotopic (exact) mass is 212 g/mol. The Hall–Kier alpha value is -1.09. The van der Waals surface area contributed by atoms with E-state index in [1.165, 1.54) is 0 Å². The van der Waals surface area contributed by atoms with Gasteiger partial charge in [-0.25, -0.2) is 4.79 Å². The third-order valence-corrected chi connectivity index (χ3v) is 2.36. The molecular weight excluding hydrogens is 192 g/mol. The van der Waals surface area contributed by atoms with Crippen molar-refractivity contribution in [1.29, 1.82) is 0 Å². The summed E-state index contributed by atoms with van der Waals surface area (Å²) in [6.07, 6.45) is 7.12. The van der Waals surface area contributed by atoms with Crippen LogP contribution in [0.4, 0.5) is 0 Å². The van der Waals surface area contributed by atoms with Crippen LogP contribution in [0.2, 0.25) is 0 Å². The summed E-state index contributed by atoms with van der Waals surface area (Å²) in [6.45, 7) is 7.84. The van der Waals surface area contributed by atoms with Gasteiger partial charge in [-0.3, -0.25) is 4.89 Å². The number of hydrogen-bond acceptors (Lipinski definition) is 3. The number of hydrogen-bond donors (Lipinski definition) is 1. The highest BCUT2D eigenvalue weighted by Crippen LogP contribution is 2.32. The fraction of sp³-hybridized carbons (Fsp3) is 0.583. The van der Waals surface area contributed by atoms with Crippen LogP contribution in [0, 0.1) is 5.41 Å². The molecular formula is C12H20O3. The van der Waals surface area contributed by atoms with Gasteiger partial charge >= 0.3 is 5.97 Å². The lowest BCUT2D eigenvalue weighted by molar-refractivity contribution is -0.230. The minimum atomic E-state index is -0.674. The number of carbonyl (C=O) groups excluding carboxylic acids is 1. The molecule has 0 rings (SSSR count). The Labute approximate surface area is 91.4 Å². The van der Waals surface area contributed by atoms with Gasteiger partial charge in [0.1, 0.15) is 0 Å². The molecule has 1 N–H and O–H groups in total. The van der Waals surface area contributed by atoms with Gasteiger partial charge in [-0.05, 0) is 18.8 Å². The summed E-state index contributed by atoms with van der Waals surface area (Å²) in [4.78, 5) is 15.2. The summed E-state index contributed by atoms with van der Waals surface area (Å²) in [5.74, 6) is -0.674. The van der Waals surface area contributed by atoms with E-state index < -0.39 is 5.97 Å². The summed E-state index contributed by atoms with van der Waals surface area (Å²) in [5.41, 5.74) is 0.207. The Morgan fingerprint density at radius 1 is 1.47 bits per heavy atom. The van der Waals surface area contributed by atoms with E-state index >= 15 is 0 Å². The Balaban J connectivity index is 5.01. The van der Waals surface area contributed by atoms with Gasteiger partial charge in [-0.1, -0.05) is 45.4 Å². The molecule has 0 saturated heterocycles. The van der Waals surface area contributed by atoms with Gasteiger partial charge in [0, 0.05) is 5.57 Å².